The van der Waals surface area contributed by atoms with Gasteiger partial charge in [-0.25, -0.2) is 0 Å². The molecule has 0 atom stereocenters. The van der Waals surface area contributed by atoms with Gasteiger partial charge in [-0.3, -0.25) is 0 Å². The minimum Gasteiger partial charge on any atom is -0.309 e. The van der Waals surface area contributed by atoms with Crippen LogP contribution in [0.1, 0.15) is 0 Å². The molecule has 208 valence electrons. The van der Waals surface area contributed by atoms with E-state index in [1.807, 2.05) is 0 Å². The number of fused-ring (bicyclic) bond motifs is 8. The molecule has 0 amide bonds. The van der Waals surface area contributed by atoms with Crippen molar-refractivity contribution < 1.29 is 0 Å². The average Bonchev–Trinajstić information content (AvgIpc) is 3.62. The summed E-state index contributed by atoms with van der Waals surface area (Å²) in [6.45, 7) is 0. The smallest absolute Gasteiger partial charge is 0.0541 e. The van der Waals surface area contributed by atoms with E-state index in [9.17, 15) is 0 Å². The number of hydrogen-bond acceptors (Lipinski definition) is 0. The lowest BCUT2D eigenvalue weighted by Gasteiger charge is -2.16. The first kappa shape index (κ1) is 24.5. The maximum Gasteiger partial charge on any atom is 0.0541 e. The average molecular weight is 570 g/mol. The van der Waals surface area contributed by atoms with Gasteiger partial charge in [0.05, 0.1) is 11.0 Å². The summed E-state index contributed by atoms with van der Waals surface area (Å²) in [5, 5.41) is 7.81. The summed E-state index contributed by atoms with van der Waals surface area (Å²) in [5.41, 5.74) is 14.0. The quantitative estimate of drug-likeness (QED) is 0.187. The van der Waals surface area contributed by atoms with Gasteiger partial charge in [0.1, 0.15) is 0 Å². The SMILES string of the molecule is c1ccc(-c2ccc(-c3ccc4c(c3)c3ccccc3n4-c3ccccc3)c3c2-c2cc4ccccc4c4cccc-3c24)cc1. The fourth-order valence-corrected chi connectivity index (χ4v) is 7.82. The van der Waals surface area contributed by atoms with Crippen LogP contribution in [0.2, 0.25) is 0 Å². The molecule has 1 nitrogen and oxygen atoms in total. The highest BCUT2D eigenvalue weighted by molar-refractivity contribution is 6.27. The molecule has 10 rings (SSSR count). The van der Waals surface area contributed by atoms with Crippen LogP contribution in [0.3, 0.4) is 0 Å². The molecule has 0 unspecified atom stereocenters. The molecule has 0 fully saturated rings. The zero-order valence-corrected chi connectivity index (χ0v) is 24.5. The molecule has 9 aromatic rings. The summed E-state index contributed by atoms with van der Waals surface area (Å²) in [6, 6.07) is 60.1. The van der Waals surface area contributed by atoms with Crippen molar-refractivity contribution in [2.24, 2.45) is 0 Å². The first-order chi connectivity index (χ1) is 22.3. The number of benzene rings is 8. The molecule has 1 heterocycles. The van der Waals surface area contributed by atoms with Crippen molar-refractivity contribution in [3.63, 3.8) is 0 Å². The predicted octanol–water partition coefficient (Wildman–Crippen LogP) is 12.1. The Balaban J connectivity index is 1.30. The summed E-state index contributed by atoms with van der Waals surface area (Å²) in [5.74, 6) is 0. The van der Waals surface area contributed by atoms with Crippen molar-refractivity contribution in [2.75, 3.05) is 0 Å². The summed E-state index contributed by atoms with van der Waals surface area (Å²) in [7, 11) is 0. The number of hydrogen-bond donors (Lipinski definition) is 0. The van der Waals surface area contributed by atoms with E-state index in [0.717, 1.165) is 0 Å². The lowest BCUT2D eigenvalue weighted by molar-refractivity contribution is 1.18. The molecule has 0 bridgehead atoms. The zero-order valence-electron chi connectivity index (χ0n) is 24.5. The lowest BCUT2D eigenvalue weighted by Crippen LogP contribution is -1.93. The Morgan fingerprint density at radius 3 is 1.82 bits per heavy atom. The van der Waals surface area contributed by atoms with E-state index in [-0.39, 0.29) is 0 Å². The second kappa shape index (κ2) is 9.29. The number of aromatic nitrogens is 1. The Labute approximate surface area is 261 Å². The van der Waals surface area contributed by atoms with E-state index in [1.165, 1.54) is 93.5 Å². The van der Waals surface area contributed by atoms with Gasteiger partial charge < -0.3 is 4.57 Å². The largest absolute Gasteiger partial charge is 0.309 e. The third kappa shape index (κ3) is 3.44. The number of nitrogens with zero attached hydrogens (tertiary/aromatic N) is 1. The topological polar surface area (TPSA) is 4.93 Å². The fraction of sp³-hybridized carbons (Fsp3) is 0. The van der Waals surface area contributed by atoms with E-state index in [4.69, 9.17) is 0 Å². The third-order valence-electron chi connectivity index (χ3n) is 9.71. The van der Waals surface area contributed by atoms with Crippen LogP contribution in [0.15, 0.2) is 164 Å². The van der Waals surface area contributed by atoms with Crippen molar-refractivity contribution in [3.8, 4) is 50.2 Å². The molecule has 0 radical (unpaired) electrons. The van der Waals surface area contributed by atoms with E-state index in [1.54, 1.807) is 0 Å². The Hall–Kier alpha value is -5.92. The Morgan fingerprint density at radius 1 is 0.333 bits per heavy atom. The second-order valence-corrected chi connectivity index (χ2v) is 12.1. The van der Waals surface area contributed by atoms with Gasteiger partial charge in [0.25, 0.3) is 0 Å². The molecule has 1 aliphatic carbocycles. The van der Waals surface area contributed by atoms with Crippen LogP contribution >= 0.6 is 0 Å². The van der Waals surface area contributed by atoms with Crippen molar-refractivity contribution in [2.45, 2.75) is 0 Å². The van der Waals surface area contributed by atoms with Gasteiger partial charge in [-0.05, 0) is 102 Å². The first-order valence-corrected chi connectivity index (χ1v) is 15.6. The molecule has 1 aromatic heterocycles. The van der Waals surface area contributed by atoms with Gasteiger partial charge in [0.15, 0.2) is 0 Å². The molecule has 0 saturated carbocycles. The summed E-state index contributed by atoms with van der Waals surface area (Å²) >= 11 is 0. The van der Waals surface area contributed by atoms with Crippen LogP contribution in [0.25, 0.3) is 93.5 Å². The fourth-order valence-electron chi connectivity index (χ4n) is 7.82. The third-order valence-corrected chi connectivity index (χ3v) is 9.71. The normalized spacial score (nSPS) is 12.0. The molecular weight excluding hydrogens is 542 g/mol. The van der Waals surface area contributed by atoms with Crippen LogP contribution in [-0.2, 0) is 0 Å². The maximum atomic E-state index is 2.42. The van der Waals surface area contributed by atoms with Gasteiger partial charge >= 0.3 is 0 Å². The van der Waals surface area contributed by atoms with Gasteiger partial charge in [-0.2, -0.15) is 0 Å². The lowest BCUT2D eigenvalue weighted by atomic mass is 9.87. The van der Waals surface area contributed by atoms with Gasteiger partial charge in [0, 0.05) is 16.5 Å². The monoisotopic (exact) mass is 569 g/mol. The van der Waals surface area contributed by atoms with Crippen LogP contribution in [0.5, 0.6) is 0 Å². The predicted molar refractivity (Wildman–Crippen MR) is 191 cm³/mol. The van der Waals surface area contributed by atoms with Gasteiger partial charge in [-0.1, -0.05) is 127 Å². The van der Waals surface area contributed by atoms with E-state index in [2.05, 4.69) is 168 Å². The molecule has 0 saturated heterocycles. The zero-order chi connectivity index (χ0) is 29.5. The van der Waals surface area contributed by atoms with Crippen molar-refractivity contribution in [1.82, 2.24) is 4.57 Å². The van der Waals surface area contributed by atoms with Crippen LogP contribution in [0.4, 0.5) is 0 Å². The molecule has 1 heteroatoms. The van der Waals surface area contributed by atoms with E-state index in [0.29, 0.717) is 0 Å². The molecule has 1 aliphatic rings. The van der Waals surface area contributed by atoms with Crippen molar-refractivity contribution >= 4 is 43.4 Å². The molecule has 45 heavy (non-hydrogen) atoms. The minimum absolute atomic E-state index is 1.18. The van der Waals surface area contributed by atoms with Crippen LogP contribution in [0, 0.1) is 0 Å². The first-order valence-electron chi connectivity index (χ1n) is 15.6. The molecule has 0 spiro atoms. The Kier molecular flexibility index (Phi) is 5.06. The van der Waals surface area contributed by atoms with E-state index < -0.39 is 0 Å². The van der Waals surface area contributed by atoms with Gasteiger partial charge in [0.2, 0.25) is 0 Å². The number of rotatable bonds is 3. The van der Waals surface area contributed by atoms with Crippen LogP contribution in [-0.4, -0.2) is 4.57 Å². The maximum absolute atomic E-state index is 2.42. The number of para-hydroxylation sites is 2. The highest BCUT2D eigenvalue weighted by atomic mass is 15.0. The summed E-state index contributed by atoms with van der Waals surface area (Å²) < 4.78 is 2.39. The molecule has 0 aliphatic heterocycles. The molecular formula is C44H27N. The van der Waals surface area contributed by atoms with Crippen molar-refractivity contribution in [1.29, 1.82) is 0 Å². The second-order valence-electron chi connectivity index (χ2n) is 12.1. The molecule has 8 aromatic carbocycles. The summed E-state index contributed by atoms with van der Waals surface area (Å²) in [4.78, 5) is 0. The molecule has 0 N–H and O–H groups in total. The Morgan fingerprint density at radius 2 is 0.978 bits per heavy atom. The van der Waals surface area contributed by atoms with Crippen LogP contribution < -0.4 is 0 Å². The standard InChI is InChI=1S/C44H27N/c1-3-12-28(13-4-1)33-23-24-34(43-37-20-11-19-36-32-17-8-7-14-29(32)27-39(42(36)37)44(33)43)30-22-25-41-38(26-30)35-18-9-10-21-40(35)45(41)31-15-5-2-6-16-31/h1-27H. The Bertz CT molecular complexity index is 2620. The van der Waals surface area contributed by atoms with Gasteiger partial charge in [-0.15, -0.1) is 0 Å². The highest BCUT2D eigenvalue weighted by Crippen LogP contribution is 2.56. The van der Waals surface area contributed by atoms with E-state index >= 15 is 0 Å². The summed E-state index contributed by atoms with van der Waals surface area (Å²) in [6.07, 6.45) is 0. The minimum atomic E-state index is 1.18. The van der Waals surface area contributed by atoms with Crippen molar-refractivity contribution in [3.05, 3.63) is 164 Å². The highest BCUT2D eigenvalue weighted by Gasteiger charge is 2.28.